The molecule has 1 aromatic rings. The Kier molecular flexibility index (Phi) is 8.12. The van der Waals surface area contributed by atoms with Crippen molar-refractivity contribution in [3.8, 4) is 0 Å². The van der Waals surface area contributed by atoms with E-state index in [1.54, 1.807) is 6.92 Å². The van der Waals surface area contributed by atoms with Crippen LogP contribution in [-0.2, 0) is 29.1 Å². The van der Waals surface area contributed by atoms with Gasteiger partial charge in [-0.2, -0.15) is 4.31 Å². The molecule has 2 aliphatic heterocycles. The number of hydrogen-bond donors (Lipinski definition) is 2. The van der Waals surface area contributed by atoms with Gasteiger partial charge in [-0.15, -0.1) is 0 Å². The zero-order valence-corrected chi connectivity index (χ0v) is 19.8. The standard InChI is InChI=1S/C21H28N4O8S/c1-3-33-21(29)23-8-10-25(11-9-23)34(30,31)16-6-4-15(5-7-16)22-18-17(20(28)32-2)14-24(12-13-26)19(18)27/h4-7,22,26H,3,8-14H2,1-2H3. The van der Waals surface area contributed by atoms with Crippen molar-refractivity contribution >= 4 is 33.7 Å². The molecule has 1 aromatic carbocycles. The quantitative estimate of drug-likeness (QED) is 0.468. The molecule has 2 heterocycles. The monoisotopic (exact) mass is 496 g/mol. The Labute approximate surface area is 197 Å². The average molecular weight is 497 g/mol. The first-order valence-electron chi connectivity index (χ1n) is 10.7. The van der Waals surface area contributed by atoms with Crippen molar-refractivity contribution in [3.05, 3.63) is 35.5 Å². The number of rotatable bonds is 8. The Hall–Kier alpha value is -3.16. The molecule has 2 N–H and O–H groups in total. The van der Waals surface area contributed by atoms with Crippen molar-refractivity contribution in [2.75, 3.05) is 64.9 Å². The van der Waals surface area contributed by atoms with Crippen molar-refractivity contribution in [1.29, 1.82) is 0 Å². The van der Waals surface area contributed by atoms with E-state index in [-0.39, 0.29) is 68.6 Å². The summed E-state index contributed by atoms with van der Waals surface area (Å²) in [5.41, 5.74) is 0.546. The van der Waals surface area contributed by atoms with Crippen LogP contribution in [-0.4, -0.2) is 105 Å². The lowest BCUT2D eigenvalue weighted by molar-refractivity contribution is -0.136. The first kappa shape index (κ1) is 25.5. The van der Waals surface area contributed by atoms with Gasteiger partial charge >= 0.3 is 12.1 Å². The van der Waals surface area contributed by atoms with Crippen molar-refractivity contribution in [1.82, 2.24) is 14.1 Å². The molecule has 0 unspecified atom stereocenters. The third-order valence-corrected chi connectivity index (χ3v) is 7.39. The van der Waals surface area contributed by atoms with Gasteiger partial charge in [0.05, 0.1) is 37.3 Å². The second-order valence-electron chi connectivity index (χ2n) is 7.53. The van der Waals surface area contributed by atoms with E-state index in [0.29, 0.717) is 5.69 Å². The number of ether oxygens (including phenoxy) is 2. The summed E-state index contributed by atoms with van der Waals surface area (Å²) in [7, 11) is -2.58. The van der Waals surface area contributed by atoms with Crippen LogP contribution in [0.3, 0.4) is 0 Å². The minimum absolute atomic E-state index is 0.00135. The fraction of sp³-hybridized carbons (Fsp3) is 0.476. The molecule has 0 saturated carbocycles. The number of piperazine rings is 1. The summed E-state index contributed by atoms with van der Waals surface area (Å²) >= 11 is 0. The van der Waals surface area contributed by atoms with Gasteiger partial charge in [0.25, 0.3) is 5.91 Å². The number of nitrogens with zero attached hydrogens (tertiary/aromatic N) is 3. The number of β-amino-alcohol motifs (C(OH)–C–C–N with tert-alkyl or cyclic N) is 1. The Morgan fingerprint density at radius 3 is 2.32 bits per heavy atom. The van der Waals surface area contributed by atoms with Crippen LogP contribution in [0.1, 0.15) is 6.92 Å². The van der Waals surface area contributed by atoms with Crippen LogP contribution >= 0.6 is 0 Å². The number of hydrogen-bond acceptors (Lipinski definition) is 9. The van der Waals surface area contributed by atoms with Crippen LogP contribution in [0.4, 0.5) is 10.5 Å². The number of esters is 1. The lowest BCUT2D eigenvalue weighted by atomic mass is 10.2. The van der Waals surface area contributed by atoms with Crippen LogP contribution in [0.2, 0.25) is 0 Å². The van der Waals surface area contributed by atoms with Gasteiger partial charge in [-0.05, 0) is 31.2 Å². The number of nitrogens with one attached hydrogen (secondary N) is 1. The highest BCUT2D eigenvalue weighted by Gasteiger charge is 2.35. The van der Waals surface area contributed by atoms with Crippen molar-refractivity contribution in [3.63, 3.8) is 0 Å². The maximum atomic E-state index is 13.0. The van der Waals surface area contributed by atoms with Crippen LogP contribution < -0.4 is 5.32 Å². The summed E-state index contributed by atoms with van der Waals surface area (Å²) in [5, 5.41) is 12.0. The van der Waals surface area contributed by atoms with E-state index in [1.165, 1.54) is 45.5 Å². The SMILES string of the molecule is CCOC(=O)N1CCN(S(=O)(=O)c2ccc(NC3=C(C(=O)OC)CN(CCO)C3=O)cc2)CC1. The van der Waals surface area contributed by atoms with E-state index in [9.17, 15) is 22.8 Å². The van der Waals surface area contributed by atoms with Crippen LogP contribution in [0.5, 0.6) is 0 Å². The van der Waals surface area contributed by atoms with E-state index >= 15 is 0 Å². The summed E-state index contributed by atoms with van der Waals surface area (Å²) in [6.07, 6.45) is -0.463. The van der Waals surface area contributed by atoms with Gasteiger partial charge in [-0.25, -0.2) is 18.0 Å². The Balaban J connectivity index is 1.71. The topological polar surface area (TPSA) is 146 Å². The van der Waals surface area contributed by atoms with Gasteiger partial charge in [0, 0.05) is 38.4 Å². The molecule has 0 atom stereocenters. The van der Waals surface area contributed by atoms with Crippen molar-refractivity contribution in [2.24, 2.45) is 0 Å². The highest BCUT2D eigenvalue weighted by molar-refractivity contribution is 7.89. The molecular weight excluding hydrogens is 468 g/mol. The predicted molar refractivity (Wildman–Crippen MR) is 120 cm³/mol. The third kappa shape index (κ3) is 5.32. The fourth-order valence-corrected chi connectivity index (χ4v) is 5.10. The molecule has 3 rings (SSSR count). The van der Waals surface area contributed by atoms with Crippen LogP contribution in [0.25, 0.3) is 0 Å². The highest BCUT2D eigenvalue weighted by atomic mass is 32.2. The minimum Gasteiger partial charge on any atom is -0.466 e. The zero-order chi connectivity index (χ0) is 24.9. The van der Waals surface area contributed by atoms with E-state index in [1.807, 2.05) is 0 Å². The fourth-order valence-electron chi connectivity index (χ4n) is 3.68. The van der Waals surface area contributed by atoms with E-state index in [4.69, 9.17) is 14.6 Å². The van der Waals surface area contributed by atoms with Crippen molar-refractivity contribution < 1.29 is 37.4 Å². The highest BCUT2D eigenvalue weighted by Crippen LogP contribution is 2.25. The van der Waals surface area contributed by atoms with E-state index < -0.39 is 28.0 Å². The summed E-state index contributed by atoms with van der Waals surface area (Å²) in [5.74, 6) is -1.14. The van der Waals surface area contributed by atoms with Crippen molar-refractivity contribution in [2.45, 2.75) is 11.8 Å². The summed E-state index contributed by atoms with van der Waals surface area (Å²) in [6.45, 7) is 2.51. The van der Waals surface area contributed by atoms with Crippen LogP contribution in [0, 0.1) is 0 Å². The molecule has 0 aromatic heterocycles. The zero-order valence-electron chi connectivity index (χ0n) is 19.0. The minimum atomic E-state index is -3.78. The number of amides is 2. The molecule has 186 valence electrons. The van der Waals surface area contributed by atoms with Gasteiger partial charge < -0.3 is 29.7 Å². The molecular formula is C21H28N4O8S. The normalized spacial score (nSPS) is 17.2. The summed E-state index contributed by atoms with van der Waals surface area (Å²) < 4.78 is 37.0. The second-order valence-corrected chi connectivity index (χ2v) is 9.47. The number of aliphatic hydroxyl groups excluding tert-OH is 1. The molecule has 2 amide bonds. The summed E-state index contributed by atoms with van der Waals surface area (Å²) in [4.78, 5) is 39.4. The number of benzene rings is 1. The van der Waals surface area contributed by atoms with Gasteiger partial charge in [-0.3, -0.25) is 4.79 Å². The lowest BCUT2D eigenvalue weighted by Gasteiger charge is -2.33. The first-order chi connectivity index (χ1) is 16.2. The van der Waals surface area contributed by atoms with E-state index in [2.05, 4.69) is 5.32 Å². The first-order valence-corrected chi connectivity index (χ1v) is 12.2. The molecule has 34 heavy (non-hydrogen) atoms. The molecule has 0 radical (unpaired) electrons. The number of anilines is 1. The number of carbonyl (C=O) groups is 3. The molecule has 1 saturated heterocycles. The molecule has 2 aliphatic rings. The Bertz CT molecular complexity index is 1060. The second kappa shape index (κ2) is 10.8. The van der Waals surface area contributed by atoms with Gasteiger partial charge in [0.1, 0.15) is 5.70 Å². The predicted octanol–water partition coefficient (Wildman–Crippen LogP) is -0.177. The van der Waals surface area contributed by atoms with Gasteiger partial charge in [0.15, 0.2) is 0 Å². The van der Waals surface area contributed by atoms with E-state index in [0.717, 1.165) is 0 Å². The van der Waals surface area contributed by atoms with Gasteiger partial charge in [-0.1, -0.05) is 0 Å². The lowest BCUT2D eigenvalue weighted by Crippen LogP contribution is -2.50. The third-order valence-electron chi connectivity index (χ3n) is 5.48. The Morgan fingerprint density at radius 2 is 1.76 bits per heavy atom. The number of methoxy groups -OCH3 is 1. The molecule has 0 aliphatic carbocycles. The molecule has 0 spiro atoms. The maximum Gasteiger partial charge on any atom is 0.409 e. The Morgan fingerprint density at radius 1 is 1.12 bits per heavy atom. The number of carbonyl (C=O) groups excluding carboxylic acids is 3. The number of aliphatic hydroxyl groups is 1. The van der Waals surface area contributed by atoms with Crippen LogP contribution in [0.15, 0.2) is 40.4 Å². The summed E-state index contributed by atoms with van der Waals surface area (Å²) in [6, 6.07) is 5.79. The largest absolute Gasteiger partial charge is 0.466 e. The smallest absolute Gasteiger partial charge is 0.409 e. The number of sulfonamides is 1. The molecule has 1 fully saturated rings. The maximum absolute atomic E-state index is 13.0. The average Bonchev–Trinajstić information content (AvgIpc) is 3.14. The molecule has 13 heteroatoms. The van der Waals surface area contributed by atoms with Gasteiger partial charge in [0.2, 0.25) is 10.0 Å². The molecule has 0 bridgehead atoms. The molecule has 12 nitrogen and oxygen atoms in total.